The van der Waals surface area contributed by atoms with Gasteiger partial charge in [0.25, 0.3) is 0 Å². The lowest BCUT2D eigenvalue weighted by Gasteiger charge is -2.09. The largest absolute Gasteiger partial charge is 0.465 e. The standard InChI is InChI=1S/C13H13N3O3/c1-19-13(18)10-3-2-5-15-12(10)16-8-9-4-6-14-11(17)7-9/h2-7H,8H2,1H3,(H,14,17)(H,15,16). The molecule has 0 atom stereocenters. The van der Waals surface area contributed by atoms with Crippen LogP contribution in [0.5, 0.6) is 0 Å². The highest BCUT2D eigenvalue weighted by Gasteiger charge is 2.11. The molecule has 2 aromatic rings. The van der Waals surface area contributed by atoms with Gasteiger partial charge < -0.3 is 15.0 Å². The van der Waals surface area contributed by atoms with E-state index in [0.29, 0.717) is 17.9 Å². The number of hydrogen-bond acceptors (Lipinski definition) is 5. The van der Waals surface area contributed by atoms with Crippen molar-refractivity contribution < 1.29 is 9.53 Å². The van der Waals surface area contributed by atoms with Gasteiger partial charge in [-0.1, -0.05) is 0 Å². The molecule has 0 spiro atoms. The average Bonchev–Trinajstić information content (AvgIpc) is 2.45. The van der Waals surface area contributed by atoms with Gasteiger partial charge in [-0.3, -0.25) is 4.79 Å². The van der Waals surface area contributed by atoms with E-state index in [1.165, 1.54) is 13.2 Å². The first-order valence-corrected chi connectivity index (χ1v) is 5.65. The molecule has 0 saturated carbocycles. The number of hydrogen-bond donors (Lipinski definition) is 2. The minimum absolute atomic E-state index is 0.173. The maximum Gasteiger partial charge on any atom is 0.341 e. The first-order valence-electron chi connectivity index (χ1n) is 5.65. The summed E-state index contributed by atoms with van der Waals surface area (Å²) >= 11 is 0. The van der Waals surface area contributed by atoms with Crippen molar-refractivity contribution in [2.24, 2.45) is 0 Å². The highest BCUT2D eigenvalue weighted by atomic mass is 16.5. The van der Waals surface area contributed by atoms with Crippen LogP contribution < -0.4 is 10.9 Å². The predicted molar refractivity (Wildman–Crippen MR) is 70.0 cm³/mol. The number of methoxy groups -OCH3 is 1. The topological polar surface area (TPSA) is 84.1 Å². The Morgan fingerprint density at radius 3 is 3.05 bits per heavy atom. The van der Waals surface area contributed by atoms with Gasteiger partial charge in [0.1, 0.15) is 11.4 Å². The Morgan fingerprint density at radius 1 is 1.47 bits per heavy atom. The quantitative estimate of drug-likeness (QED) is 0.805. The molecule has 2 rings (SSSR count). The molecule has 0 unspecified atom stereocenters. The number of esters is 1. The minimum Gasteiger partial charge on any atom is -0.465 e. The van der Waals surface area contributed by atoms with Crippen molar-refractivity contribution in [2.45, 2.75) is 6.54 Å². The monoisotopic (exact) mass is 259 g/mol. The molecule has 0 fully saturated rings. The number of rotatable bonds is 4. The zero-order valence-electron chi connectivity index (χ0n) is 10.3. The fourth-order valence-corrected chi connectivity index (χ4v) is 1.61. The van der Waals surface area contributed by atoms with Gasteiger partial charge in [0, 0.05) is 25.0 Å². The second-order valence-corrected chi connectivity index (χ2v) is 3.81. The van der Waals surface area contributed by atoms with E-state index in [4.69, 9.17) is 0 Å². The summed E-state index contributed by atoms with van der Waals surface area (Å²) in [5.41, 5.74) is 0.980. The SMILES string of the molecule is COC(=O)c1cccnc1NCc1cc[nH]c(=O)c1. The molecule has 6 nitrogen and oxygen atoms in total. The Kier molecular flexibility index (Phi) is 3.92. The van der Waals surface area contributed by atoms with Crippen molar-refractivity contribution in [2.75, 3.05) is 12.4 Å². The van der Waals surface area contributed by atoms with Crippen molar-refractivity contribution in [3.05, 3.63) is 58.1 Å². The first kappa shape index (κ1) is 12.8. The lowest BCUT2D eigenvalue weighted by molar-refractivity contribution is 0.0601. The number of carbonyl (C=O) groups excluding carboxylic acids is 1. The number of ether oxygens (including phenoxy) is 1. The van der Waals surface area contributed by atoms with E-state index in [-0.39, 0.29) is 5.56 Å². The van der Waals surface area contributed by atoms with Crippen LogP contribution in [0.25, 0.3) is 0 Å². The van der Waals surface area contributed by atoms with Crippen LogP contribution >= 0.6 is 0 Å². The molecule has 2 N–H and O–H groups in total. The molecule has 2 aromatic heterocycles. The lowest BCUT2D eigenvalue weighted by Crippen LogP contribution is -2.11. The summed E-state index contributed by atoms with van der Waals surface area (Å²) in [5.74, 6) is -0.0314. The van der Waals surface area contributed by atoms with Crippen LogP contribution in [0.3, 0.4) is 0 Å². The Morgan fingerprint density at radius 2 is 2.32 bits per heavy atom. The van der Waals surface area contributed by atoms with Crippen LogP contribution in [0, 0.1) is 0 Å². The average molecular weight is 259 g/mol. The molecule has 0 bridgehead atoms. The summed E-state index contributed by atoms with van der Waals surface area (Å²) in [6.45, 7) is 0.394. The fourth-order valence-electron chi connectivity index (χ4n) is 1.61. The van der Waals surface area contributed by atoms with Gasteiger partial charge in [-0.05, 0) is 23.8 Å². The number of aromatic amines is 1. The zero-order chi connectivity index (χ0) is 13.7. The minimum atomic E-state index is -0.457. The molecule has 6 heteroatoms. The summed E-state index contributed by atoms with van der Waals surface area (Å²) in [4.78, 5) is 29.3. The van der Waals surface area contributed by atoms with Gasteiger partial charge in [0.2, 0.25) is 5.56 Å². The molecular weight excluding hydrogens is 246 g/mol. The molecule has 19 heavy (non-hydrogen) atoms. The third-order valence-electron chi connectivity index (χ3n) is 2.51. The summed E-state index contributed by atoms with van der Waals surface area (Å²) < 4.78 is 4.67. The van der Waals surface area contributed by atoms with E-state index in [1.807, 2.05) is 0 Å². The number of nitrogens with one attached hydrogen (secondary N) is 2. The first-order chi connectivity index (χ1) is 9.20. The van der Waals surface area contributed by atoms with E-state index in [2.05, 4.69) is 20.0 Å². The van der Waals surface area contributed by atoms with Crippen LogP contribution in [-0.4, -0.2) is 23.0 Å². The zero-order valence-corrected chi connectivity index (χ0v) is 10.3. The maximum atomic E-state index is 11.5. The number of aromatic nitrogens is 2. The van der Waals surface area contributed by atoms with Crippen molar-refractivity contribution >= 4 is 11.8 Å². The van der Waals surface area contributed by atoms with Crippen LogP contribution in [0.15, 0.2) is 41.5 Å². The molecule has 0 saturated heterocycles. The highest BCUT2D eigenvalue weighted by Crippen LogP contribution is 2.13. The smallest absolute Gasteiger partial charge is 0.341 e. The normalized spacial score (nSPS) is 9.95. The van der Waals surface area contributed by atoms with E-state index >= 15 is 0 Å². The third-order valence-corrected chi connectivity index (χ3v) is 2.51. The Hall–Kier alpha value is -2.63. The second kappa shape index (κ2) is 5.81. The summed E-state index contributed by atoms with van der Waals surface area (Å²) in [7, 11) is 1.32. The van der Waals surface area contributed by atoms with Crippen molar-refractivity contribution in [3.8, 4) is 0 Å². The summed E-state index contributed by atoms with van der Waals surface area (Å²) in [5, 5.41) is 3.01. The van der Waals surface area contributed by atoms with Crippen molar-refractivity contribution in [1.29, 1.82) is 0 Å². The number of pyridine rings is 2. The summed E-state index contributed by atoms with van der Waals surface area (Å²) in [6, 6.07) is 6.53. The molecule has 0 aliphatic rings. The fraction of sp³-hybridized carbons (Fsp3) is 0.154. The van der Waals surface area contributed by atoms with Crippen LogP contribution in [0.1, 0.15) is 15.9 Å². The second-order valence-electron chi connectivity index (χ2n) is 3.81. The number of nitrogens with zero attached hydrogens (tertiary/aromatic N) is 1. The maximum absolute atomic E-state index is 11.5. The Bertz CT molecular complexity index is 637. The number of H-pyrrole nitrogens is 1. The van der Waals surface area contributed by atoms with Gasteiger partial charge in [0.05, 0.1) is 7.11 Å². The van der Waals surface area contributed by atoms with E-state index in [9.17, 15) is 9.59 Å². The molecule has 0 amide bonds. The van der Waals surface area contributed by atoms with Crippen LogP contribution in [0.4, 0.5) is 5.82 Å². The lowest BCUT2D eigenvalue weighted by atomic mass is 10.2. The number of anilines is 1. The van der Waals surface area contributed by atoms with E-state index in [0.717, 1.165) is 5.56 Å². The van der Waals surface area contributed by atoms with Crippen LogP contribution in [0.2, 0.25) is 0 Å². The predicted octanol–water partition coefficient (Wildman–Crippen LogP) is 1.17. The Balaban J connectivity index is 2.16. The van der Waals surface area contributed by atoms with Crippen LogP contribution in [-0.2, 0) is 11.3 Å². The van der Waals surface area contributed by atoms with Gasteiger partial charge in [-0.25, -0.2) is 9.78 Å². The van der Waals surface area contributed by atoms with Gasteiger partial charge in [-0.15, -0.1) is 0 Å². The van der Waals surface area contributed by atoms with Crippen molar-refractivity contribution in [1.82, 2.24) is 9.97 Å². The van der Waals surface area contributed by atoms with Gasteiger partial charge in [-0.2, -0.15) is 0 Å². The molecule has 0 aliphatic carbocycles. The Labute approximate surface area is 109 Å². The molecule has 2 heterocycles. The van der Waals surface area contributed by atoms with Crippen molar-refractivity contribution in [3.63, 3.8) is 0 Å². The third kappa shape index (κ3) is 3.19. The number of carbonyl (C=O) groups is 1. The van der Waals surface area contributed by atoms with E-state index < -0.39 is 5.97 Å². The summed E-state index contributed by atoms with van der Waals surface area (Å²) in [6.07, 6.45) is 3.14. The molecule has 0 aliphatic heterocycles. The van der Waals surface area contributed by atoms with E-state index in [1.54, 1.807) is 30.6 Å². The van der Waals surface area contributed by atoms with Gasteiger partial charge in [0.15, 0.2) is 0 Å². The van der Waals surface area contributed by atoms with Gasteiger partial charge >= 0.3 is 5.97 Å². The molecule has 98 valence electrons. The molecule has 0 aromatic carbocycles. The molecular formula is C13H13N3O3. The molecule has 0 radical (unpaired) electrons. The highest BCUT2D eigenvalue weighted by molar-refractivity contribution is 5.94.